The molecule has 0 aliphatic carbocycles. The Balaban J connectivity index is 0.000000247. The molecule has 2 saturated heterocycles. The average molecular weight is 506 g/mol. The Kier molecular flexibility index (Phi) is 10.4. The second kappa shape index (κ2) is 12.8. The predicted molar refractivity (Wildman–Crippen MR) is 114 cm³/mol. The lowest BCUT2D eigenvalue weighted by molar-refractivity contribution is -0.352. The number of benzene rings is 1. The fourth-order valence-corrected chi connectivity index (χ4v) is 3.44. The third-order valence-corrected chi connectivity index (χ3v) is 5.50. The Labute approximate surface area is 199 Å². The third kappa shape index (κ3) is 7.86. The summed E-state index contributed by atoms with van der Waals surface area (Å²) in [6, 6.07) is 10.1. The van der Waals surface area contributed by atoms with Crippen LogP contribution in [0, 0.1) is 11.8 Å². The normalized spacial score (nSPS) is 23.5. The summed E-state index contributed by atoms with van der Waals surface area (Å²) >= 11 is 0. The molecule has 11 heteroatoms. The van der Waals surface area contributed by atoms with Crippen molar-refractivity contribution in [2.24, 2.45) is 11.8 Å². The molecule has 194 valence electrons. The Hall–Kier alpha value is -2.79. The Bertz CT molecular complexity index is 858. The molecule has 2 aliphatic rings. The lowest BCUT2D eigenvalue weighted by atomic mass is 9.89. The highest BCUT2D eigenvalue weighted by atomic mass is 19.4. The summed E-state index contributed by atoms with van der Waals surface area (Å²) in [4.78, 5) is 21.5. The number of rotatable bonds is 10. The Morgan fingerprint density at radius 3 is 1.80 bits per heavy atom. The smallest absolute Gasteiger partial charge is 0.456 e. The van der Waals surface area contributed by atoms with Crippen LogP contribution in [0.25, 0.3) is 0 Å². The van der Waals surface area contributed by atoms with Gasteiger partial charge in [0.25, 0.3) is 0 Å². The van der Waals surface area contributed by atoms with Crippen LogP contribution in [-0.2, 0) is 28.5 Å². The summed E-state index contributed by atoms with van der Waals surface area (Å²) in [5, 5.41) is 0. The maximum atomic E-state index is 12.9. The topological polar surface area (TPSA) is 71.1 Å². The first kappa shape index (κ1) is 28.4. The van der Waals surface area contributed by atoms with Crippen LogP contribution in [-0.4, -0.2) is 56.6 Å². The van der Waals surface area contributed by atoms with E-state index in [1.807, 2.05) is 18.2 Å². The predicted octanol–water partition coefficient (Wildman–Crippen LogP) is 4.81. The molecule has 0 saturated carbocycles. The molecule has 0 spiro atoms. The van der Waals surface area contributed by atoms with Crippen molar-refractivity contribution < 1.29 is 50.5 Å². The second-order valence-corrected chi connectivity index (χ2v) is 7.88. The molecule has 2 aliphatic heterocycles. The fourth-order valence-electron chi connectivity index (χ4n) is 3.44. The van der Waals surface area contributed by atoms with E-state index in [1.165, 1.54) is 11.6 Å². The van der Waals surface area contributed by atoms with Gasteiger partial charge < -0.3 is 18.9 Å². The molecule has 0 amide bonds. The van der Waals surface area contributed by atoms with Gasteiger partial charge >= 0.3 is 24.0 Å². The highest BCUT2D eigenvalue weighted by Crippen LogP contribution is 2.46. The van der Waals surface area contributed by atoms with Gasteiger partial charge in [-0.3, -0.25) is 0 Å². The highest BCUT2D eigenvalue weighted by molar-refractivity contribution is 5.81. The first-order valence-electron chi connectivity index (χ1n) is 10.8. The molecule has 2 fully saturated rings. The number of carbonyl (C=O) groups is 2. The van der Waals surface area contributed by atoms with Crippen LogP contribution in [0.1, 0.15) is 24.5 Å². The van der Waals surface area contributed by atoms with Crippen molar-refractivity contribution >= 4 is 11.9 Å². The molecule has 6 nitrogen and oxygen atoms in total. The van der Waals surface area contributed by atoms with Gasteiger partial charge in [-0.1, -0.05) is 43.5 Å². The lowest BCUT2D eigenvalue weighted by Crippen LogP contribution is -2.58. The van der Waals surface area contributed by atoms with Crippen molar-refractivity contribution in [2.45, 2.75) is 37.1 Å². The molecule has 3 rings (SSSR count). The molecule has 2 heterocycles. The van der Waals surface area contributed by atoms with Gasteiger partial charge in [0, 0.05) is 24.0 Å². The number of halogens is 5. The number of hydrogen-bond donors (Lipinski definition) is 0. The van der Waals surface area contributed by atoms with Gasteiger partial charge in [0.2, 0.25) is 0 Å². The summed E-state index contributed by atoms with van der Waals surface area (Å²) < 4.78 is 81.3. The third-order valence-electron chi connectivity index (χ3n) is 5.50. The van der Waals surface area contributed by atoms with Crippen molar-refractivity contribution in [2.75, 3.05) is 26.4 Å². The standard InChI is InChI=1S/C14H16O3.C10H11F5O3/c1-2-13(15)16-9-8-12-10-17-14(12)11-6-4-3-5-7-11;1-2-7(16)17-4-3-6-5-18-8(6)9(11,12)10(13,14)15/h2-7,12,14H,1,8-10H2;2,6,8H,1,3-5H2. The molecule has 0 aromatic heterocycles. The zero-order valence-electron chi connectivity index (χ0n) is 18.8. The largest absolute Gasteiger partial charge is 0.463 e. The SMILES string of the molecule is C=CC(=O)OCCC1COC1C(F)(F)C(F)(F)F.C=CC(=O)OCCC1COC1c1ccccc1. The first-order chi connectivity index (χ1) is 16.5. The zero-order chi connectivity index (χ0) is 26.1. The minimum Gasteiger partial charge on any atom is -0.463 e. The molecule has 4 unspecified atom stereocenters. The van der Waals surface area contributed by atoms with Gasteiger partial charge in [-0.25, -0.2) is 9.59 Å². The van der Waals surface area contributed by atoms with Crippen LogP contribution >= 0.6 is 0 Å². The van der Waals surface area contributed by atoms with Crippen molar-refractivity contribution in [1.82, 2.24) is 0 Å². The summed E-state index contributed by atoms with van der Waals surface area (Å²) in [7, 11) is 0. The van der Waals surface area contributed by atoms with E-state index in [4.69, 9.17) is 9.47 Å². The number of esters is 2. The quantitative estimate of drug-likeness (QED) is 0.258. The van der Waals surface area contributed by atoms with Gasteiger partial charge in [0.1, 0.15) is 6.10 Å². The van der Waals surface area contributed by atoms with Crippen molar-refractivity contribution in [3.63, 3.8) is 0 Å². The van der Waals surface area contributed by atoms with Gasteiger partial charge in [-0.15, -0.1) is 0 Å². The van der Waals surface area contributed by atoms with Crippen molar-refractivity contribution in [3.05, 3.63) is 61.2 Å². The molecule has 0 radical (unpaired) electrons. The maximum absolute atomic E-state index is 12.9. The van der Waals surface area contributed by atoms with E-state index in [-0.39, 0.29) is 31.7 Å². The number of carbonyl (C=O) groups excluding carboxylic acids is 2. The monoisotopic (exact) mass is 506 g/mol. The van der Waals surface area contributed by atoms with E-state index < -0.39 is 30.1 Å². The van der Waals surface area contributed by atoms with Crippen LogP contribution in [0.5, 0.6) is 0 Å². The first-order valence-corrected chi connectivity index (χ1v) is 10.8. The van der Waals surface area contributed by atoms with Crippen molar-refractivity contribution in [3.8, 4) is 0 Å². The van der Waals surface area contributed by atoms with Gasteiger partial charge in [-0.2, -0.15) is 22.0 Å². The van der Waals surface area contributed by atoms with Crippen LogP contribution in [0.3, 0.4) is 0 Å². The summed E-state index contributed by atoms with van der Waals surface area (Å²) in [5.74, 6) is -6.55. The van der Waals surface area contributed by atoms with Crippen LogP contribution in [0.4, 0.5) is 22.0 Å². The molecule has 0 N–H and O–H groups in total. The Morgan fingerprint density at radius 2 is 1.40 bits per heavy atom. The second-order valence-electron chi connectivity index (χ2n) is 7.88. The molecule has 4 atom stereocenters. The Morgan fingerprint density at radius 1 is 0.886 bits per heavy atom. The molecular weight excluding hydrogens is 479 g/mol. The fraction of sp³-hybridized carbons (Fsp3) is 0.500. The minimum absolute atomic E-state index is 0.115. The average Bonchev–Trinajstić information content (AvgIpc) is 2.77. The minimum atomic E-state index is -5.64. The van der Waals surface area contributed by atoms with Gasteiger partial charge in [-0.05, 0) is 18.4 Å². The molecular formula is C24H27F5O6. The number of ether oxygens (including phenoxy) is 4. The van der Waals surface area contributed by atoms with E-state index in [0.29, 0.717) is 12.5 Å². The van der Waals surface area contributed by atoms with Crippen LogP contribution in [0.2, 0.25) is 0 Å². The van der Waals surface area contributed by atoms with E-state index in [2.05, 4.69) is 34.8 Å². The molecule has 0 bridgehead atoms. The summed E-state index contributed by atoms with van der Waals surface area (Å²) in [5.41, 5.74) is 1.19. The highest BCUT2D eigenvalue weighted by Gasteiger charge is 2.67. The van der Waals surface area contributed by atoms with Crippen molar-refractivity contribution in [1.29, 1.82) is 0 Å². The van der Waals surface area contributed by atoms with Crippen LogP contribution in [0.15, 0.2) is 55.6 Å². The lowest BCUT2D eigenvalue weighted by Gasteiger charge is -2.41. The molecule has 1 aromatic carbocycles. The zero-order valence-corrected chi connectivity index (χ0v) is 18.8. The van der Waals surface area contributed by atoms with Crippen LogP contribution < -0.4 is 0 Å². The van der Waals surface area contributed by atoms with E-state index in [9.17, 15) is 31.5 Å². The van der Waals surface area contributed by atoms with E-state index >= 15 is 0 Å². The summed E-state index contributed by atoms with van der Waals surface area (Å²) in [6.07, 6.45) is -4.92. The molecule has 35 heavy (non-hydrogen) atoms. The number of alkyl halides is 5. The van der Waals surface area contributed by atoms with Gasteiger partial charge in [0.05, 0.1) is 32.5 Å². The summed E-state index contributed by atoms with van der Waals surface area (Å²) in [6.45, 7) is 7.19. The maximum Gasteiger partial charge on any atom is 0.456 e. The molecule has 1 aromatic rings. The van der Waals surface area contributed by atoms with E-state index in [1.54, 1.807) is 0 Å². The van der Waals surface area contributed by atoms with E-state index in [0.717, 1.165) is 19.1 Å². The number of hydrogen-bond acceptors (Lipinski definition) is 6. The van der Waals surface area contributed by atoms with Gasteiger partial charge in [0.15, 0.2) is 0 Å².